The Labute approximate surface area is 163 Å². The topological polar surface area (TPSA) is 76.2 Å². The lowest BCUT2D eigenvalue weighted by Gasteiger charge is -2.19. The Morgan fingerprint density at radius 1 is 1.07 bits per heavy atom. The van der Waals surface area contributed by atoms with E-state index in [1.165, 1.54) is 5.56 Å². The highest BCUT2D eigenvalue weighted by Crippen LogP contribution is 2.34. The summed E-state index contributed by atoms with van der Waals surface area (Å²) in [5.74, 6) is 1.00. The fourth-order valence-corrected chi connectivity index (χ4v) is 3.14. The molecular formula is C22H23N3O3. The van der Waals surface area contributed by atoms with Crippen molar-refractivity contribution >= 4 is 11.6 Å². The fourth-order valence-electron chi connectivity index (χ4n) is 3.14. The van der Waals surface area contributed by atoms with Crippen molar-refractivity contribution in [2.75, 3.05) is 12.1 Å². The van der Waals surface area contributed by atoms with E-state index in [1.54, 1.807) is 18.2 Å². The number of hydrogen-bond donors (Lipinski definition) is 2. The Morgan fingerprint density at radius 2 is 1.79 bits per heavy atom. The van der Waals surface area contributed by atoms with Gasteiger partial charge in [-0.1, -0.05) is 45.0 Å². The number of benzene rings is 2. The fraction of sp³-hybridized carbons (Fsp3) is 0.273. The Kier molecular flexibility index (Phi) is 4.34. The van der Waals surface area contributed by atoms with E-state index in [0.717, 1.165) is 11.3 Å². The molecule has 6 heteroatoms. The van der Waals surface area contributed by atoms with E-state index in [9.17, 15) is 4.79 Å². The lowest BCUT2D eigenvalue weighted by molar-refractivity contribution is 0.102. The van der Waals surface area contributed by atoms with Crippen LogP contribution in [0.25, 0.3) is 11.3 Å². The number of anilines is 1. The molecular weight excluding hydrogens is 354 g/mol. The van der Waals surface area contributed by atoms with E-state index < -0.39 is 0 Å². The molecule has 0 radical (unpaired) electrons. The van der Waals surface area contributed by atoms with Crippen molar-refractivity contribution in [3.8, 4) is 22.8 Å². The smallest absolute Gasteiger partial charge is 0.255 e. The van der Waals surface area contributed by atoms with E-state index in [1.807, 2.05) is 19.1 Å². The van der Waals surface area contributed by atoms with Gasteiger partial charge in [-0.15, -0.1) is 0 Å². The van der Waals surface area contributed by atoms with Crippen molar-refractivity contribution in [3.05, 3.63) is 59.3 Å². The number of aromatic nitrogens is 2. The third kappa shape index (κ3) is 3.33. The summed E-state index contributed by atoms with van der Waals surface area (Å²) < 4.78 is 10.7. The molecule has 2 N–H and O–H groups in total. The molecule has 1 aliphatic rings. The van der Waals surface area contributed by atoms with E-state index >= 15 is 0 Å². The van der Waals surface area contributed by atoms with Crippen molar-refractivity contribution in [3.63, 3.8) is 0 Å². The summed E-state index contributed by atoms with van der Waals surface area (Å²) in [7, 11) is 0. The zero-order chi connectivity index (χ0) is 19.9. The number of fused-ring (bicyclic) bond motifs is 1. The molecule has 1 amide bonds. The molecule has 4 rings (SSSR count). The maximum atomic E-state index is 12.8. The van der Waals surface area contributed by atoms with Gasteiger partial charge in [0.25, 0.3) is 5.91 Å². The second-order valence-corrected chi connectivity index (χ2v) is 7.92. The molecule has 2 heterocycles. The number of rotatable bonds is 3. The predicted molar refractivity (Wildman–Crippen MR) is 108 cm³/mol. The van der Waals surface area contributed by atoms with Gasteiger partial charge in [-0.05, 0) is 36.1 Å². The van der Waals surface area contributed by atoms with Crippen LogP contribution in [0.3, 0.4) is 0 Å². The highest BCUT2D eigenvalue weighted by atomic mass is 16.7. The lowest BCUT2D eigenvalue weighted by atomic mass is 9.86. The summed E-state index contributed by atoms with van der Waals surface area (Å²) in [4.78, 5) is 12.8. The molecule has 0 saturated heterocycles. The summed E-state index contributed by atoms with van der Waals surface area (Å²) in [5, 5.41) is 10.3. The molecule has 0 atom stereocenters. The van der Waals surface area contributed by atoms with Crippen molar-refractivity contribution < 1.29 is 14.3 Å². The van der Waals surface area contributed by atoms with Crippen LogP contribution in [0, 0.1) is 6.92 Å². The molecule has 0 spiro atoms. The first-order valence-corrected chi connectivity index (χ1v) is 9.20. The zero-order valence-corrected chi connectivity index (χ0v) is 16.4. The number of hydrogen-bond acceptors (Lipinski definition) is 4. The maximum Gasteiger partial charge on any atom is 0.255 e. The van der Waals surface area contributed by atoms with Crippen molar-refractivity contribution in [1.82, 2.24) is 10.2 Å². The number of aromatic amines is 1. The van der Waals surface area contributed by atoms with Crippen molar-refractivity contribution in [1.29, 1.82) is 0 Å². The summed E-state index contributed by atoms with van der Waals surface area (Å²) in [6.07, 6.45) is 0. The normalized spacial score (nSPS) is 12.9. The average Bonchev–Trinajstić information content (AvgIpc) is 3.27. The average molecular weight is 377 g/mol. The van der Waals surface area contributed by atoms with Crippen LogP contribution in [-0.2, 0) is 5.41 Å². The monoisotopic (exact) mass is 377 g/mol. The maximum absolute atomic E-state index is 12.8. The summed E-state index contributed by atoms with van der Waals surface area (Å²) in [6.45, 7) is 8.60. The van der Waals surface area contributed by atoms with Gasteiger partial charge in [0.1, 0.15) is 5.69 Å². The third-order valence-electron chi connectivity index (χ3n) is 4.84. The molecule has 144 valence electrons. The summed E-state index contributed by atoms with van der Waals surface area (Å²) in [6, 6.07) is 13.4. The second-order valence-electron chi connectivity index (χ2n) is 7.92. The number of amides is 1. The molecule has 2 aromatic carbocycles. The first-order chi connectivity index (χ1) is 13.3. The quantitative estimate of drug-likeness (QED) is 0.696. The van der Waals surface area contributed by atoms with Gasteiger partial charge in [-0.3, -0.25) is 9.89 Å². The molecule has 1 aromatic heterocycles. The number of nitrogens with zero attached hydrogens (tertiary/aromatic N) is 1. The van der Waals surface area contributed by atoms with Gasteiger partial charge in [0.05, 0.1) is 11.4 Å². The van der Waals surface area contributed by atoms with Crippen LogP contribution in [-0.4, -0.2) is 22.9 Å². The van der Waals surface area contributed by atoms with Gasteiger partial charge in [-0.25, -0.2) is 0 Å². The van der Waals surface area contributed by atoms with Crippen LogP contribution >= 0.6 is 0 Å². The van der Waals surface area contributed by atoms with E-state index in [-0.39, 0.29) is 18.1 Å². The molecule has 6 nitrogen and oxygen atoms in total. The number of H-pyrrole nitrogens is 1. The highest BCUT2D eigenvalue weighted by molar-refractivity contribution is 6.06. The van der Waals surface area contributed by atoms with Gasteiger partial charge in [0.15, 0.2) is 11.5 Å². The molecule has 3 aromatic rings. The SMILES string of the molecule is Cc1[nH]nc(-c2ccc(C(C)(C)C)cc2)c1NC(=O)c1ccc2c(c1)OCO2. The lowest BCUT2D eigenvalue weighted by Crippen LogP contribution is -2.13. The Bertz CT molecular complexity index is 1030. The zero-order valence-electron chi connectivity index (χ0n) is 16.4. The van der Waals surface area contributed by atoms with Gasteiger partial charge in [0, 0.05) is 11.1 Å². The first kappa shape index (κ1) is 18.1. The van der Waals surface area contributed by atoms with Crippen molar-refractivity contribution in [2.24, 2.45) is 0 Å². The number of carbonyl (C=O) groups excluding carboxylic acids is 1. The first-order valence-electron chi connectivity index (χ1n) is 9.20. The number of carbonyl (C=O) groups is 1. The standard InChI is InChI=1S/C22H23N3O3/c1-13-19(23-21(26)15-7-10-17-18(11-15)28-12-27-17)20(25-24-13)14-5-8-16(9-6-14)22(2,3)4/h5-11H,12H2,1-4H3,(H,23,26)(H,24,25). The van der Waals surface area contributed by atoms with Gasteiger partial charge in [0.2, 0.25) is 6.79 Å². The number of aryl methyl sites for hydroxylation is 1. The highest BCUT2D eigenvalue weighted by Gasteiger charge is 2.20. The van der Waals surface area contributed by atoms with Crippen LogP contribution in [0.15, 0.2) is 42.5 Å². The minimum absolute atomic E-state index is 0.0798. The molecule has 0 unspecified atom stereocenters. The van der Waals surface area contributed by atoms with Crippen LogP contribution < -0.4 is 14.8 Å². The summed E-state index contributed by atoms with van der Waals surface area (Å²) in [5.41, 5.74) is 4.95. The Morgan fingerprint density at radius 3 is 2.50 bits per heavy atom. The number of ether oxygens (including phenoxy) is 2. The third-order valence-corrected chi connectivity index (χ3v) is 4.84. The molecule has 0 saturated carbocycles. The van der Waals surface area contributed by atoms with E-state index in [4.69, 9.17) is 9.47 Å². The molecule has 0 fully saturated rings. The van der Waals surface area contributed by atoms with Gasteiger partial charge in [-0.2, -0.15) is 5.10 Å². The molecule has 28 heavy (non-hydrogen) atoms. The summed E-state index contributed by atoms with van der Waals surface area (Å²) >= 11 is 0. The second kappa shape index (κ2) is 6.71. The van der Waals surface area contributed by atoms with Crippen LogP contribution in [0.4, 0.5) is 5.69 Å². The number of nitrogens with one attached hydrogen (secondary N) is 2. The van der Waals surface area contributed by atoms with Crippen LogP contribution in [0.1, 0.15) is 42.4 Å². The van der Waals surface area contributed by atoms with E-state index in [0.29, 0.717) is 28.4 Å². The van der Waals surface area contributed by atoms with Gasteiger partial charge >= 0.3 is 0 Å². The Balaban J connectivity index is 1.61. The molecule has 0 aliphatic carbocycles. The molecule has 1 aliphatic heterocycles. The van der Waals surface area contributed by atoms with Gasteiger partial charge < -0.3 is 14.8 Å². The Hall–Kier alpha value is -3.28. The van der Waals surface area contributed by atoms with Crippen molar-refractivity contribution in [2.45, 2.75) is 33.1 Å². The van der Waals surface area contributed by atoms with Crippen LogP contribution in [0.2, 0.25) is 0 Å². The predicted octanol–water partition coefficient (Wildman–Crippen LogP) is 4.66. The van der Waals surface area contributed by atoms with Crippen LogP contribution in [0.5, 0.6) is 11.5 Å². The largest absolute Gasteiger partial charge is 0.454 e. The molecule has 0 bridgehead atoms. The minimum atomic E-state index is -0.227. The van der Waals surface area contributed by atoms with E-state index in [2.05, 4.69) is 48.4 Å². The minimum Gasteiger partial charge on any atom is -0.454 e.